The first kappa shape index (κ1) is 17.7. The van der Waals surface area contributed by atoms with Gasteiger partial charge in [-0.15, -0.1) is 23.0 Å². The second-order valence-corrected chi connectivity index (χ2v) is 8.00. The summed E-state index contributed by atoms with van der Waals surface area (Å²) in [5, 5.41) is 7.73. The second kappa shape index (κ2) is 7.12. The van der Waals surface area contributed by atoms with Gasteiger partial charge >= 0.3 is 5.69 Å². The van der Waals surface area contributed by atoms with Crippen LogP contribution >= 0.6 is 11.3 Å². The fourth-order valence-corrected chi connectivity index (χ4v) is 4.49. The molecule has 0 radical (unpaired) electrons. The maximum atomic E-state index is 13.0. The molecular formula is C21H22N4OS. The Morgan fingerprint density at radius 2 is 2.04 bits per heavy atom. The van der Waals surface area contributed by atoms with Crippen molar-refractivity contribution in [3.05, 3.63) is 75.8 Å². The zero-order chi connectivity index (χ0) is 19.0. The molecule has 6 heteroatoms. The number of hydrogen-bond donors (Lipinski definition) is 0. The third-order valence-corrected chi connectivity index (χ3v) is 5.57. The fourth-order valence-electron chi connectivity index (χ4n) is 3.40. The Balaban J connectivity index is 1.95. The molecule has 0 atom stereocenters. The van der Waals surface area contributed by atoms with E-state index in [0.717, 1.165) is 22.2 Å². The van der Waals surface area contributed by atoms with Crippen molar-refractivity contribution in [1.29, 1.82) is 0 Å². The van der Waals surface area contributed by atoms with Gasteiger partial charge in [0.1, 0.15) is 4.83 Å². The highest BCUT2D eigenvalue weighted by molar-refractivity contribution is 7.17. The van der Waals surface area contributed by atoms with Gasteiger partial charge in [-0.05, 0) is 28.8 Å². The molecule has 0 amide bonds. The molecule has 0 saturated carbocycles. The van der Waals surface area contributed by atoms with E-state index >= 15 is 0 Å². The van der Waals surface area contributed by atoms with E-state index in [9.17, 15) is 4.79 Å². The number of hydrogen-bond acceptors (Lipinski definition) is 4. The minimum absolute atomic E-state index is 0.165. The molecule has 0 saturated heterocycles. The van der Waals surface area contributed by atoms with Crippen molar-refractivity contribution in [2.75, 3.05) is 0 Å². The summed E-state index contributed by atoms with van der Waals surface area (Å²) in [7, 11) is 0. The predicted octanol–water partition coefficient (Wildman–Crippen LogP) is 4.08. The number of aromatic nitrogens is 4. The zero-order valence-corrected chi connectivity index (χ0v) is 16.4. The normalized spacial score (nSPS) is 11.7. The van der Waals surface area contributed by atoms with Crippen molar-refractivity contribution >= 4 is 27.2 Å². The van der Waals surface area contributed by atoms with E-state index < -0.39 is 0 Å². The van der Waals surface area contributed by atoms with Gasteiger partial charge in [-0.25, -0.2) is 9.78 Å². The first-order chi connectivity index (χ1) is 13.1. The number of thiophene rings is 1. The molecule has 3 heterocycles. The Morgan fingerprint density at radius 3 is 2.74 bits per heavy atom. The van der Waals surface area contributed by atoms with Gasteiger partial charge in [0.05, 0.1) is 5.39 Å². The standard InChI is InChI=1S/C21H22N4OS/c1-4-10-24-20-18(16(13-27-20)11-14(2)3)19-22-17(23-25(19)21(24)26)12-15-8-6-5-7-9-15/h4-9,13-14H,1,10-12H2,2-3H3. The Bertz CT molecular complexity index is 1170. The van der Waals surface area contributed by atoms with Crippen molar-refractivity contribution in [3.63, 3.8) is 0 Å². The van der Waals surface area contributed by atoms with Crippen LogP contribution < -0.4 is 5.69 Å². The van der Waals surface area contributed by atoms with Crippen LogP contribution in [0.25, 0.3) is 15.9 Å². The molecule has 4 rings (SSSR count). The minimum atomic E-state index is -0.165. The van der Waals surface area contributed by atoms with E-state index in [0.29, 0.717) is 30.4 Å². The lowest BCUT2D eigenvalue weighted by Crippen LogP contribution is -2.27. The number of benzene rings is 1. The SMILES string of the molecule is C=CCn1c(=O)n2nc(Cc3ccccc3)nc2c2c(CC(C)C)csc21. The van der Waals surface area contributed by atoms with E-state index in [1.807, 2.05) is 30.3 Å². The molecular weight excluding hydrogens is 356 g/mol. The molecule has 4 aromatic rings. The van der Waals surface area contributed by atoms with Crippen molar-refractivity contribution in [1.82, 2.24) is 19.2 Å². The second-order valence-electron chi connectivity index (χ2n) is 7.15. The van der Waals surface area contributed by atoms with Crippen LogP contribution in [0, 0.1) is 5.92 Å². The number of rotatable bonds is 6. The van der Waals surface area contributed by atoms with Crippen LogP contribution in [0.5, 0.6) is 0 Å². The summed E-state index contributed by atoms with van der Waals surface area (Å²) >= 11 is 1.60. The third-order valence-electron chi connectivity index (χ3n) is 4.52. The zero-order valence-electron chi connectivity index (χ0n) is 15.6. The maximum Gasteiger partial charge on any atom is 0.352 e. The molecule has 0 aliphatic carbocycles. The predicted molar refractivity (Wildman–Crippen MR) is 111 cm³/mol. The first-order valence-corrected chi connectivity index (χ1v) is 9.99. The molecule has 0 N–H and O–H groups in total. The van der Waals surface area contributed by atoms with Crippen LogP contribution in [0.2, 0.25) is 0 Å². The van der Waals surface area contributed by atoms with E-state index in [4.69, 9.17) is 4.98 Å². The minimum Gasteiger partial charge on any atom is -0.279 e. The van der Waals surface area contributed by atoms with E-state index in [1.54, 1.807) is 22.0 Å². The highest BCUT2D eigenvalue weighted by atomic mass is 32.1. The largest absolute Gasteiger partial charge is 0.352 e. The maximum absolute atomic E-state index is 13.0. The van der Waals surface area contributed by atoms with E-state index in [-0.39, 0.29) is 5.69 Å². The van der Waals surface area contributed by atoms with Crippen LogP contribution in [0.3, 0.4) is 0 Å². The smallest absolute Gasteiger partial charge is 0.279 e. The molecule has 1 aromatic carbocycles. The molecule has 0 fully saturated rings. The quantitative estimate of drug-likeness (QED) is 0.475. The van der Waals surface area contributed by atoms with Gasteiger partial charge in [0, 0.05) is 13.0 Å². The van der Waals surface area contributed by atoms with Crippen LogP contribution in [-0.4, -0.2) is 19.2 Å². The van der Waals surface area contributed by atoms with Crippen molar-refractivity contribution in [2.24, 2.45) is 5.92 Å². The summed E-state index contributed by atoms with van der Waals surface area (Å²) in [5.74, 6) is 1.19. The first-order valence-electron chi connectivity index (χ1n) is 9.11. The van der Waals surface area contributed by atoms with Crippen LogP contribution in [0.4, 0.5) is 0 Å². The topological polar surface area (TPSA) is 52.2 Å². The Hall–Kier alpha value is -2.73. The van der Waals surface area contributed by atoms with Crippen molar-refractivity contribution < 1.29 is 0 Å². The molecule has 27 heavy (non-hydrogen) atoms. The number of fused-ring (bicyclic) bond motifs is 3. The van der Waals surface area contributed by atoms with Gasteiger partial charge in [0.15, 0.2) is 11.5 Å². The lowest BCUT2D eigenvalue weighted by Gasteiger charge is -2.07. The van der Waals surface area contributed by atoms with Crippen molar-refractivity contribution in [2.45, 2.75) is 33.2 Å². The number of nitrogens with zero attached hydrogens (tertiary/aromatic N) is 4. The lowest BCUT2D eigenvalue weighted by atomic mass is 10.0. The summed E-state index contributed by atoms with van der Waals surface area (Å²) in [6.07, 6.45) is 3.30. The van der Waals surface area contributed by atoms with Gasteiger partial charge < -0.3 is 0 Å². The van der Waals surface area contributed by atoms with Crippen LogP contribution in [-0.2, 0) is 19.4 Å². The highest BCUT2D eigenvalue weighted by Crippen LogP contribution is 2.30. The monoisotopic (exact) mass is 378 g/mol. The highest BCUT2D eigenvalue weighted by Gasteiger charge is 2.19. The van der Waals surface area contributed by atoms with Gasteiger partial charge in [0.2, 0.25) is 0 Å². The molecule has 5 nitrogen and oxygen atoms in total. The number of allylic oxidation sites excluding steroid dienone is 1. The average Bonchev–Trinajstić information content (AvgIpc) is 3.23. The molecule has 3 aromatic heterocycles. The third kappa shape index (κ3) is 3.21. The molecule has 138 valence electrons. The summed E-state index contributed by atoms with van der Waals surface area (Å²) in [4.78, 5) is 18.7. The van der Waals surface area contributed by atoms with Gasteiger partial charge in [-0.3, -0.25) is 4.57 Å². The summed E-state index contributed by atoms with van der Waals surface area (Å²) in [5.41, 5.74) is 2.86. The van der Waals surface area contributed by atoms with Crippen LogP contribution in [0.15, 0.2) is 53.2 Å². The van der Waals surface area contributed by atoms with Crippen LogP contribution in [0.1, 0.15) is 30.8 Å². The Kier molecular flexibility index (Phi) is 4.66. The summed E-state index contributed by atoms with van der Waals surface area (Å²) in [6, 6.07) is 10.1. The molecule has 0 bridgehead atoms. The Morgan fingerprint density at radius 1 is 1.26 bits per heavy atom. The molecule has 0 aliphatic heterocycles. The van der Waals surface area contributed by atoms with E-state index in [2.05, 4.69) is 30.9 Å². The van der Waals surface area contributed by atoms with Crippen molar-refractivity contribution in [3.8, 4) is 0 Å². The molecule has 0 aliphatic rings. The lowest BCUT2D eigenvalue weighted by molar-refractivity contribution is 0.650. The molecule has 0 unspecified atom stereocenters. The summed E-state index contributed by atoms with van der Waals surface area (Å²) in [6.45, 7) is 8.66. The fraction of sp³-hybridized carbons (Fsp3) is 0.286. The molecule has 0 spiro atoms. The summed E-state index contributed by atoms with van der Waals surface area (Å²) < 4.78 is 3.20. The Labute approximate surface area is 161 Å². The van der Waals surface area contributed by atoms with E-state index in [1.165, 1.54) is 10.1 Å². The van der Waals surface area contributed by atoms with Gasteiger partial charge in [-0.2, -0.15) is 4.52 Å². The van der Waals surface area contributed by atoms with Gasteiger partial charge in [-0.1, -0.05) is 50.3 Å². The van der Waals surface area contributed by atoms with Gasteiger partial charge in [0.25, 0.3) is 0 Å². The average molecular weight is 379 g/mol.